The molecule has 1 atom stereocenters. The van der Waals surface area contributed by atoms with Crippen LogP contribution in [0.3, 0.4) is 0 Å². The van der Waals surface area contributed by atoms with Gasteiger partial charge >= 0.3 is 0 Å². The smallest absolute Gasteiger partial charge is 0.0822 e. The van der Waals surface area contributed by atoms with Crippen LogP contribution in [0.2, 0.25) is 0 Å². The number of nitrogens with zero attached hydrogens (tertiary/aromatic N) is 1. The Morgan fingerprint density at radius 1 is 1.33 bits per heavy atom. The molecule has 1 N–H and O–H groups in total. The second-order valence-electron chi connectivity index (χ2n) is 5.12. The molecule has 0 bridgehead atoms. The molecule has 72 valence electrons. The average molecular weight is 171 g/mol. The second kappa shape index (κ2) is 3.00. The van der Waals surface area contributed by atoms with Gasteiger partial charge in [-0.25, -0.2) is 0 Å². The Kier molecular flexibility index (Phi) is 2.50. The number of hydrogen-bond donors (Lipinski definition) is 1. The molecule has 0 aromatic heterocycles. The highest BCUT2D eigenvalue weighted by Crippen LogP contribution is 2.36. The third-order valence-corrected chi connectivity index (χ3v) is 3.06. The van der Waals surface area contributed by atoms with Gasteiger partial charge in [0.2, 0.25) is 0 Å². The largest absolute Gasteiger partial charge is 0.388 e. The van der Waals surface area contributed by atoms with Crippen LogP contribution in [0, 0.1) is 5.41 Å². The van der Waals surface area contributed by atoms with E-state index in [9.17, 15) is 5.11 Å². The summed E-state index contributed by atoms with van der Waals surface area (Å²) in [6.45, 7) is 8.29. The van der Waals surface area contributed by atoms with Gasteiger partial charge in [-0.2, -0.15) is 0 Å². The van der Waals surface area contributed by atoms with E-state index >= 15 is 0 Å². The molecule has 12 heavy (non-hydrogen) atoms. The third-order valence-electron chi connectivity index (χ3n) is 3.06. The number of likely N-dealkylation sites (tertiary alicyclic amines) is 1. The molecule has 0 spiro atoms. The normalized spacial score (nSPS) is 33.8. The Labute approximate surface area is 75.6 Å². The van der Waals surface area contributed by atoms with Crippen molar-refractivity contribution < 1.29 is 5.11 Å². The van der Waals surface area contributed by atoms with E-state index in [0.29, 0.717) is 0 Å². The van der Waals surface area contributed by atoms with Crippen LogP contribution in [0.25, 0.3) is 0 Å². The lowest BCUT2D eigenvalue weighted by molar-refractivity contribution is -0.101. The quantitative estimate of drug-likeness (QED) is 0.597. The Morgan fingerprint density at radius 3 is 2.25 bits per heavy atom. The van der Waals surface area contributed by atoms with E-state index in [2.05, 4.69) is 32.7 Å². The topological polar surface area (TPSA) is 23.5 Å². The van der Waals surface area contributed by atoms with E-state index in [1.54, 1.807) is 0 Å². The molecule has 1 aliphatic rings. The van der Waals surface area contributed by atoms with Crippen LogP contribution in [0.1, 0.15) is 33.6 Å². The summed E-state index contributed by atoms with van der Waals surface area (Å²) in [4.78, 5) is 2.22. The van der Waals surface area contributed by atoms with E-state index in [4.69, 9.17) is 0 Å². The Bertz CT molecular complexity index is 162. The van der Waals surface area contributed by atoms with Crippen LogP contribution in [-0.4, -0.2) is 35.7 Å². The third kappa shape index (κ3) is 1.80. The fourth-order valence-electron chi connectivity index (χ4n) is 1.86. The zero-order valence-electron chi connectivity index (χ0n) is 8.72. The summed E-state index contributed by atoms with van der Waals surface area (Å²) >= 11 is 0. The van der Waals surface area contributed by atoms with Crippen molar-refractivity contribution in [2.24, 2.45) is 5.41 Å². The standard InChI is InChI=1S/C10H21NO/c1-9(2,3)10(12)6-5-7-11(4)8-10/h12H,5-8H2,1-4H3. The second-order valence-corrected chi connectivity index (χ2v) is 5.12. The number of piperidine rings is 1. The average Bonchev–Trinajstić information content (AvgIpc) is 1.83. The highest BCUT2D eigenvalue weighted by Gasteiger charge is 2.42. The minimum absolute atomic E-state index is 0.00167. The molecule has 0 radical (unpaired) electrons. The van der Waals surface area contributed by atoms with Crippen molar-refractivity contribution in [2.45, 2.75) is 39.2 Å². The number of β-amino-alcohol motifs (C(OH)–C–C–N with tert-alkyl or cyclic N) is 1. The predicted molar refractivity (Wildman–Crippen MR) is 51.1 cm³/mol. The summed E-state index contributed by atoms with van der Waals surface area (Å²) in [6, 6.07) is 0. The first-order valence-corrected chi connectivity index (χ1v) is 4.76. The highest BCUT2D eigenvalue weighted by molar-refractivity contribution is 4.95. The lowest BCUT2D eigenvalue weighted by Crippen LogP contribution is -2.54. The van der Waals surface area contributed by atoms with Gasteiger partial charge in [-0.1, -0.05) is 20.8 Å². The van der Waals surface area contributed by atoms with Gasteiger partial charge in [-0.3, -0.25) is 0 Å². The van der Waals surface area contributed by atoms with E-state index in [1.165, 1.54) is 0 Å². The molecule has 0 aliphatic carbocycles. The van der Waals surface area contributed by atoms with Gasteiger partial charge < -0.3 is 10.0 Å². The van der Waals surface area contributed by atoms with E-state index in [1.807, 2.05) is 0 Å². The maximum atomic E-state index is 10.3. The summed E-state index contributed by atoms with van der Waals surface area (Å²) in [5, 5.41) is 10.3. The molecular formula is C10H21NO. The van der Waals surface area contributed by atoms with Gasteiger partial charge in [0.25, 0.3) is 0 Å². The molecule has 1 rings (SSSR count). The Hall–Kier alpha value is -0.0800. The predicted octanol–water partition coefficient (Wildman–Crippen LogP) is 1.49. The van der Waals surface area contributed by atoms with E-state index < -0.39 is 5.60 Å². The van der Waals surface area contributed by atoms with Crippen molar-refractivity contribution >= 4 is 0 Å². The van der Waals surface area contributed by atoms with Gasteiger partial charge in [0.1, 0.15) is 0 Å². The van der Waals surface area contributed by atoms with E-state index in [0.717, 1.165) is 25.9 Å². The molecule has 0 amide bonds. The van der Waals surface area contributed by atoms with Crippen LogP contribution >= 0.6 is 0 Å². The van der Waals surface area contributed by atoms with Gasteiger partial charge in [0, 0.05) is 6.54 Å². The number of likely N-dealkylation sites (N-methyl/N-ethyl adjacent to an activating group) is 1. The van der Waals surface area contributed by atoms with Crippen LogP contribution in [-0.2, 0) is 0 Å². The van der Waals surface area contributed by atoms with Crippen molar-refractivity contribution in [1.82, 2.24) is 4.90 Å². The molecule has 1 unspecified atom stereocenters. The Morgan fingerprint density at radius 2 is 1.92 bits per heavy atom. The zero-order valence-corrected chi connectivity index (χ0v) is 8.72. The summed E-state index contributed by atoms with van der Waals surface area (Å²) in [6.07, 6.45) is 2.06. The first-order chi connectivity index (χ1) is 5.35. The van der Waals surface area contributed by atoms with Crippen LogP contribution < -0.4 is 0 Å². The molecule has 0 saturated carbocycles. The summed E-state index contributed by atoms with van der Waals surface area (Å²) in [5.74, 6) is 0. The van der Waals surface area contributed by atoms with Crippen molar-refractivity contribution in [3.8, 4) is 0 Å². The summed E-state index contributed by atoms with van der Waals surface area (Å²) < 4.78 is 0. The van der Waals surface area contributed by atoms with Crippen molar-refractivity contribution in [3.05, 3.63) is 0 Å². The minimum atomic E-state index is -0.486. The molecule has 0 aromatic rings. The highest BCUT2D eigenvalue weighted by atomic mass is 16.3. The number of aliphatic hydroxyl groups is 1. The first-order valence-electron chi connectivity index (χ1n) is 4.76. The fourth-order valence-corrected chi connectivity index (χ4v) is 1.86. The zero-order chi connectivity index (χ0) is 9.41. The summed E-state index contributed by atoms with van der Waals surface area (Å²) in [7, 11) is 2.08. The fraction of sp³-hybridized carbons (Fsp3) is 1.00. The first kappa shape index (κ1) is 10.0. The van der Waals surface area contributed by atoms with Crippen molar-refractivity contribution in [1.29, 1.82) is 0 Å². The van der Waals surface area contributed by atoms with Gasteiger partial charge in [0.15, 0.2) is 0 Å². The molecule has 2 heteroatoms. The molecular weight excluding hydrogens is 150 g/mol. The summed E-state index contributed by atoms with van der Waals surface area (Å²) in [5.41, 5.74) is -0.484. The number of rotatable bonds is 0. The molecule has 0 aromatic carbocycles. The maximum Gasteiger partial charge on any atom is 0.0822 e. The van der Waals surface area contributed by atoms with E-state index in [-0.39, 0.29) is 5.41 Å². The lowest BCUT2D eigenvalue weighted by atomic mass is 9.72. The van der Waals surface area contributed by atoms with Gasteiger partial charge in [-0.05, 0) is 31.8 Å². The van der Waals surface area contributed by atoms with Crippen molar-refractivity contribution in [3.63, 3.8) is 0 Å². The minimum Gasteiger partial charge on any atom is -0.388 e. The maximum absolute atomic E-state index is 10.3. The molecule has 1 heterocycles. The Balaban J connectivity index is 2.70. The van der Waals surface area contributed by atoms with Gasteiger partial charge in [-0.15, -0.1) is 0 Å². The molecule has 1 fully saturated rings. The SMILES string of the molecule is CN1CCCC(O)(C(C)(C)C)C1. The monoisotopic (exact) mass is 171 g/mol. The van der Waals surface area contributed by atoms with Crippen LogP contribution in [0.5, 0.6) is 0 Å². The van der Waals surface area contributed by atoms with Gasteiger partial charge in [0.05, 0.1) is 5.60 Å². The number of hydrogen-bond acceptors (Lipinski definition) is 2. The molecule has 2 nitrogen and oxygen atoms in total. The van der Waals surface area contributed by atoms with Crippen LogP contribution in [0.15, 0.2) is 0 Å². The van der Waals surface area contributed by atoms with Crippen LogP contribution in [0.4, 0.5) is 0 Å². The molecule has 1 aliphatic heterocycles. The van der Waals surface area contributed by atoms with Crippen molar-refractivity contribution in [2.75, 3.05) is 20.1 Å². The molecule has 1 saturated heterocycles. The lowest BCUT2D eigenvalue weighted by Gasteiger charge is -2.46.